The van der Waals surface area contributed by atoms with E-state index in [2.05, 4.69) is 23.3 Å². The second-order valence-electron chi connectivity index (χ2n) is 6.59. The molecular weight excluding hydrogens is 406 g/mol. The van der Waals surface area contributed by atoms with Gasteiger partial charge in [-0.3, -0.25) is 4.79 Å². The number of nitrogens with one attached hydrogen (secondary N) is 1. The van der Waals surface area contributed by atoms with Crippen molar-refractivity contribution in [2.75, 3.05) is 5.32 Å². The Morgan fingerprint density at radius 1 is 1.00 bits per heavy atom. The Balaban J connectivity index is 1.50. The maximum absolute atomic E-state index is 12.4. The smallest absolute Gasteiger partial charge is 0.255 e. The highest BCUT2D eigenvalue weighted by molar-refractivity contribution is 7.89. The average Bonchev–Trinajstić information content (AvgIpc) is 3.11. The molecule has 0 saturated carbocycles. The number of hydrogen-bond acceptors (Lipinski definition) is 5. The number of anilines is 1. The molecule has 1 amide bonds. The Kier molecular flexibility index (Phi) is 4.91. The summed E-state index contributed by atoms with van der Waals surface area (Å²) >= 11 is 1.63. The van der Waals surface area contributed by atoms with Crippen molar-refractivity contribution in [3.05, 3.63) is 77.9 Å². The van der Waals surface area contributed by atoms with E-state index in [0.717, 1.165) is 20.8 Å². The van der Waals surface area contributed by atoms with Crippen LogP contribution in [0.25, 0.3) is 20.8 Å². The normalized spacial score (nSPS) is 11.5. The molecule has 0 fully saturated rings. The second-order valence-corrected chi connectivity index (χ2v) is 9.18. The Hall–Kier alpha value is -3.07. The number of benzene rings is 3. The molecule has 0 aliphatic rings. The molecule has 0 spiro atoms. The van der Waals surface area contributed by atoms with Crippen LogP contribution in [0.4, 0.5) is 5.69 Å². The zero-order valence-electron chi connectivity index (χ0n) is 15.4. The minimum absolute atomic E-state index is 0.0376. The summed E-state index contributed by atoms with van der Waals surface area (Å²) in [5.41, 5.74) is 4.10. The lowest BCUT2D eigenvalue weighted by atomic mass is 10.2. The van der Waals surface area contributed by atoms with Gasteiger partial charge in [0.05, 0.1) is 15.1 Å². The van der Waals surface area contributed by atoms with E-state index in [1.54, 1.807) is 11.3 Å². The van der Waals surface area contributed by atoms with E-state index in [9.17, 15) is 13.2 Å². The maximum atomic E-state index is 12.4. The third kappa shape index (κ3) is 4.19. The number of carbonyl (C=O) groups excluding carboxylic acids is 1. The number of carbonyl (C=O) groups is 1. The first-order chi connectivity index (χ1) is 13.8. The monoisotopic (exact) mass is 423 g/mol. The number of primary sulfonamides is 1. The van der Waals surface area contributed by atoms with Crippen LogP contribution >= 0.6 is 11.3 Å². The topological polar surface area (TPSA) is 102 Å². The van der Waals surface area contributed by atoms with Crippen LogP contribution in [0.3, 0.4) is 0 Å². The van der Waals surface area contributed by atoms with Gasteiger partial charge in [-0.1, -0.05) is 6.07 Å². The molecule has 8 heteroatoms. The SMILES string of the molecule is Cc1ccc2nc(-c3ccc(NC(=O)c4ccc(S(N)(=O)=O)cc4)cc3)sc2c1. The first-order valence-corrected chi connectivity index (χ1v) is 11.1. The molecule has 0 saturated heterocycles. The van der Waals surface area contributed by atoms with Crippen molar-refractivity contribution < 1.29 is 13.2 Å². The fourth-order valence-corrected chi connectivity index (χ4v) is 4.44. The number of nitrogens with zero attached hydrogens (tertiary/aromatic N) is 1. The Morgan fingerprint density at radius 3 is 2.34 bits per heavy atom. The van der Waals surface area contributed by atoms with Crippen LogP contribution in [-0.2, 0) is 10.0 Å². The predicted octanol–water partition coefficient (Wildman–Crippen LogP) is 4.17. The number of fused-ring (bicyclic) bond motifs is 1. The van der Waals surface area contributed by atoms with Gasteiger partial charge in [-0.15, -0.1) is 11.3 Å². The minimum Gasteiger partial charge on any atom is -0.322 e. The standard InChI is InChI=1S/C21H17N3O3S2/c1-13-2-11-18-19(12-13)28-21(24-18)15-3-7-16(8-4-15)23-20(25)14-5-9-17(10-6-14)29(22,26)27/h2-12H,1H3,(H,23,25)(H2,22,26,27). The molecule has 4 aromatic rings. The molecule has 4 rings (SSSR count). The number of aromatic nitrogens is 1. The summed E-state index contributed by atoms with van der Waals surface area (Å²) in [6.45, 7) is 2.05. The lowest BCUT2D eigenvalue weighted by Gasteiger charge is -2.06. The number of rotatable bonds is 4. The molecule has 0 radical (unpaired) electrons. The molecule has 0 unspecified atom stereocenters. The fourth-order valence-electron chi connectivity index (χ4n) is 2.85. The summed E-state index contributed by atoms with van der Waals surface area (Å²) in [5.74, 6) is -0.339. The van der Waals surface area contributed by atoms with Crippen molar-refractivity contribution in [3.8, 4) is 10.6 Å². The fraction of sp³-hybridized carbons (Fsp3) is 0.0476. The minimum atomic E-state index is -3.78. The third-order valence-electron chi connectivity index (χ3n) is 4.38. The van der Waals surface area contributed by atoms with Crippen LogP contribution in [0.15, 0.2) is 71.6 Å². The van der Waals surface area contributed by atoms with E-state index in [4.69, 9.17) is 5.14 Å². The highest BCUT2D eigenvalue weighted by Crippen LogP contribution is 2.31. The van der Waals surface area contributed by atoms with Crippen LogP contribution in [0.5, 0.6) is 0 Å². The molecule has 146 valence electrons. The molecule has 6 nitrogen and oxygen atoms in total. The lowest BCUT2D eigenvalue weighted by molar-refractivity contribution is 0.102. The van der Waals surface area contributed by atoms with Crippen molar-refractivity contribution in [3.63, 3.8) is 0 Å². The zero-order chi connectivity index (χ0) is 20.6. The largest absolute Gasteiger partial charge is 0.322 e. The van der Waals surface area contributed by atoms with Gasteiger partial charge in [-0.25, -0.2) is 18.5 Å². The van der Waals surface area contributed by atoms with E-state index in [-0.39, 0.29) is 10.8 Å². The van der Waals surface area contributed by atoms with Gasteiger partial charge in [0.2, 0.25) is 10.0 Å². The van der Waals surface area contributed by atoms with E-state index in [0.29, 0.717) is 11.3 Å². The number of thiazole rings is 1. The average molecular weight is 424 g/mol. The number of aryl methyl sites for hydroxylation is 1. The Labute approximate surface area is 172 Å². The highest BCUT2D eigenvalue weighted by Gasteiger charge is 2.11. The maximum Gasteiger partial charge on any atom is 0.255 e. The van der Waals surface area contributed by atoms with Gasteiger partial charge in [0.15, 0.2) is 0 Å². The van der Waals surface area contributed by atoms with Crippen molar-refractivity contribution in [1.29, 1.82) is 0 Å². The van der Waals surface area contributed by atoms with Crippen LogP contribution < -0.4 is 10.5 Å². The van der Waals surface area contributed by atoms with Gasteiger partial charge in [0.1, 0.15) is 5.01 Å². The van der Waals surface area contributed by atoms with Gasteiger partial charge < -0.3 is 5.32 Å². The van der Waals surface area contributed by atoms with Gasteiger partial charge in [-0.05, 0) is 73.2 Å². The molecule has 3 N–H and O–H groups in total. The molecule has 0 atom stereocenters. The molecule has 0 aliphatic carbocycles. The van der Waals surface area contributed by atoms with Gasteiger partial charge in [-0.2, -0.15) is 0 Å². The summed E-state index contributed by atoms with van der Waals surface area (Å²) in [6.07, 6.45) is 0. The number of nitrogens with two attached hydrogens (primary N) is 1. The van der Waals surface area contributed by atoms with Crippen molar-refractivity contribution in [2.45, 2.75) is 11.8 Å². The first-order valence-electron chi connectivity index (χ1n) is 8.71. The molecule has 1 heterocycles. The van der Waals surface area contributed by atoms with Crippen LogP contribution in [0, 0.1) is 6.92 Å². The number of sulfonamides is 1. The van der Waals surface area contributed by atoms with Gasteiger partial charge >= 0.3 is 0 Å². The Morgan fingerprint density at radius 2 is 1.69 bits per heavy atom. The van der Waals surface area contributed by atoms with Gasteiger partial charge in [0, 0.05) is 16.8 Å². The van der Waals surface area contributed by atoms with Crippen molar-refractivity contribution >= 4 is 43.2 Å². The summed E-state index contributed by atoms with van der Waals surface area (Å²) in [5, 5.41) is 8.78. The lowest BCUT2D eigenvalue weighted by Crippen LogP contribution is -2.14. The van der Waals surface area contributed by atoms with Crippen LogP contribution in [0.1, 0.15) is 15.9 Å². The molecule has 3 aromatic carbocycles. The van der Waals surface area contributed by atoms with E-state index in [1.807, 2.05) is 36.4 Å². The number of hydrogen-bond donors (Lipinski definition) is 2. The Bertz CT molecular complexity index is 1310. The summed E-state index contributed by atoms with van der Waals surface area (Å²) in [6, 6.07) is 19.1. The second kappa shape index (κ2) is 7.40. The highest BCUT2D eigenvalue weighted by atomic mass is 32.2. The van der Waals surface area contributed by atoms with Crippen molar-refractivity contribution in [2.24, 2.45) is 5.14 Å². The van der Waals surface area contributed by atoms with E-state index >= 15 is 0 Å². The van der Waals surface area contributed by atoms with E-state index < -0.39 is 10.0 Å². The molecular formula is C21H17N3O3S2. The van der Waals surface area contributed by atoms with Crippen LogP contribution in [-0.4, -0.2) is 19.3 Å². The predicted molar refractivity (Wildman–Crippen MR) is 116 cm³/mol. The van der Waals surface area contributed by atoms with E-state index in [1.165, 1.54) is 29.8 Å². The van der Waals surface area contributed by atoms with Crippen molar-refractivity contribution in [1.82, 2.24) is 4.98 Å². The molecule has 0 aliphatic heterocycles. The summed E-state index contributed by atoms with van der Waals surface area (Å²) in [7, 11) is -3.78. The van der Waals surface area contributed by atoms with Gasteiger partial charge in [0.25, 0.3) is 5.91 Å². The molecule has 0 bridgehead atoms. The zero-order valence-corrected chi connectivity index (χ0v) is 17.0. The number of amides is 1. The van der Waals surface area contributed by atoms with Crippen LogP contribution in [0.2, 0.25) is 0 Å². The summed E-state index contributed by atoms with van der Waals surface area (Å²) in [4.78, 5) is 17.0. The molecule has 1 aromatic heterocycles. The summed E-state index contributed by atoms with van der Waals surface area (Å²) < 4.78 is 23.7. The first kappa shape index (κ1) is 19.3. The molecule has 29 heavy (non-hydrogen) atoms. The third-order valence-corrected chi connectivity index (χ3v) is 6.38. The quantitative estimate of drug-likeness (QED) is 0.514.